The number of benzene rings is 1. The SMILES string of the molecule is CC(C(=O)Nc1cc(Cl)ccc1Br)C(N)=S. The van der Waals surface area contributed by atoms with Gasteiger partial charge in [-0.3, -0.25) is 4.79 Å². The Balaban J connectivity index is 2.84. The van der Waals surface area contributed by atoms with Crippen molar-refractivity contribution >= 4 is 56.3 Å². The molecule has 3 N–H and O–H groups in total. The van der Waals surface area contributed by atoms with Gasteiger partial charge in [0.15, 0.2) is 0 Å². The van der Waals surface area contributed by atoms with E-state index in [0.717, 1.165) is 4.47 Å². The highest BCUT2D eigenvalue weighted by atomic mass is 79.9. The lowest BCUT2D eigenvalue weighted by Crippen LogP contribution is -2.30. The molecule has 1 amide bonds. The number of nitrogens with one attached hydrogen (secondary N) is 1. The minimum atomic E-state index is -0.513. The number of thiocarbonyl (C=S) groups is 1. The first-order chi connectivity index (χ1) is 7.41. The summed E-state index contributed by atoms with van der Waals surface area (Å²) in [6.45, 7) is 1.65. The molecular formula is C10H10BrClN2OS. The molecule has 0 bridgehead atoms. The topological polar surface area (TPSA) is 55.1 Å². The number of amides is 1. The molecule has 6 heteroatoms. The van der Waals surface area contributed by atoms with Gasteiger partial charge in [-0.25, -0.2) is 0 Å². The van der Waals surface area contributed by atoms with E-state index in [9.17, 15) is 4.79 Å². The van der Waals surface area contributed by atoms with E-state index in [2.05, 4.69) is 21.2 Å². The fourth-order valence-corrected chi connectivity index (χ4v) is 1.59. The highest BCUT2D eigenvalue weighted by Gasteiger charge is 2.16. The third-order valence-corrected chi connectivity index (χ3v) is 3.29. The maximum Gasteiger partial charge on any atom is 0.234 e. The van der Waals surface area contributed by atoms with E-state index in [1.54, 1.807) is 25.1 Å². The number of hydrogen-bond donors (Lipinski definition) is 2. The number of carbonyl (C=O) groups excluding carboxylic acids is 1. The van der Waals surface area contributed by atoms with Gasteiger partial charge in [-0.15, -0.1) is 0 Å². The van der Waals surface area contributed by atoms with Crippen molar-refractivity contribution in [2.24, 2.45) is 11.7 Å². The van der Waals surface area contributed by atoms with Crippen LogP contribution in [-0.2, 0) is 4.79 Å². The van der Waals surface area contributed by atoms with Gasteiger partial charge in [0, 0.05) is 9.50 Å². The van der Waals surface area contributed by atoms with Crippen LogP contribution in [0.5, 0.6) is 0 Å². The summed E-state index contributed by atoms with van der Waals surface area (Å²) in [5, 5.41) is 3.24. The van der Waals surface area contributed by atoms with Crippen molar-refractivity contribution in [2.75, 3.05) is 5.32 Å². The first kappa shape index (κ1) is 13.4. The number of halogens is 2. The molecule has 3 nitrogen and oxygen atoms in total. The molecule has 0 spiro atoms. The van der Waals surface area contributed by atoms with E-state index in [-0.39, 0.29) is 10.9 Å². The van der Waals surface area contributed by atoms with Gasteiger partial charge in [0.25, 0.3) is 0 Å². The second kappa shape index (κ2) is 5.61. The zero-order chi connectivity index (χ0) is 12.3. The second-order valence-electron chi connectivity index (χ2n) is 3.24. The first-order valence-electron chi connectivity index (χ1n) is 4.47. The van der Waals surface area contributed by atoms with Crippen LogP contribution in [0.4, 0.5) is 5.69 Å². The van der Waals surface area contributed by atoms with Crippen LogP contribution in [0, 0.1) is 5.92 Å². The van der Waals surface area contributed by atoms with Crippen LogP contribution in [0.2, 0.25) is 5.02 Å². The van der Waals surface area contributed by atoms with Gasteiger partial charge in [-0.1, -0.05) is 23.8 Å². The minimum absolute atomic E-state index is 0.163. The monoisotopic (exact) mass is 320 g/mol. The van der Waals surface area contributed by atoms with Gasteiger partial charge in [0.2, 0.25) is 5.91 Å². The third-order valence-electron chi connectivity index (χ3n) is 2.01. The van der Waals surface area contributed by atoms with Crippen LogP contribution in [-0.4, -0.2) is 10.9 Å². The predicted octanol–water partition coefficient (Wildman–Crippen LogP) is 2.96. The lowest BCUT2D eigenvalue weighted by atomic mass is 10.1. The summed E-state index contributed by atoms with van der Waals surface area (Å²) in [6, 6.07) is 5.12. The lowest BCUT2D eigenvalue weighted by Gasteiger charge is -2.12. The highest BCUT2D eigenvalue weighted by molar-refractivity contribution is 9.10. The fraction of sp³-hybridized carbons (Fsp3) is 0.200. The molecule has 1 aromatic rings. The van der Waals surface area contributed by atoms with Gasteiger partial charge >= 0.3 is 0 Å². The normalized spacial score (nSPS) is 11.9. The second-order valence-corrected chi connectivity index (χ2v) is 5.00. The molecular weight excluding hydrogens is 312 g/mol. The van der Waals surface area contributed by atoms with E-state index in [1.807, 2.05) is 0 Å². The van der Waals surface area contributed by atoms with E-state index < -0.39 is 5.92 Å². The summed E-state index contributed by atoms with van der Waals surface area (Å²) < 4.78 is 0.750. The largest absolute Gasteiger partial charge is 0.393 e. The smallest absolute Gasteiger partial charge is 0.234 e. The average Bonchev–Trinajstić information content (AvgIpc) is 2.22. The molecule has 0 fully saturated rings. The van der Waals surface area contributed by atoms with Gasteiger partial charge in [-0.05, 0) is 41.1 Å². The molecule has 1 aromatic carbocycles. The predicted molar refractivity (Wildman–Crippen MR) is 73.7 cm³/mol. The lowest BCUT2D eigenvalue weighted by molar-refractivity contribution is -0.117. The molecule has 0 radical (unpaired) electrons. The molecule has 0 saturated carbocycles. The standard InChI is InChI=1S/C10H10BrClN2OS/c1-5(9(13)16)10(15)14-8-4-6(12)2-3-7(8)11/h2-5H,1H3,(H2,13,16)(H,14,15). The van der Waals surface area contributed by atoms with Crippen molar-refractivity contribution in [3.63, 3.8) is 0 Å². The van der Waals surface area contributed by atoms with Gasteiger partial charge in [0.05, 0.1) is 16.6 Å². The zero-order valence-corrected chi connectivity index (χ0v) is 11.6. The van der Waals surface area contributed by atoms with Crippen molar-refractivity contribution in [2.45, 2.75) is 6.92 Å². The number of nitrogens with two attached hydrogens (primary N) is 1. The molecule has 0 aliphatic rings. The molecule has 16 heavy (non-hydrogen) atoms. The van der Waals surface area contributed by atoms with E-state index >= 15 is 0 Å². The van der Waals surface area contributed by atoms with E-state index in [1.165, 1.54) is 0 Å². The Morgan fingerprint density at radius 2 is 2.25 bits per heavy atom. The maximum atomic E-state index is 11.7. The summed E-state index contributed by atoms with van der Waals surface area (Å²) in [4.78, 5) is 11.8. The maximum absolute atomic E-state index is 11.7. The number of carbonyl (C=O) groups is 1. The Hall–Kier alpha value is -0.650. The number of anilines is 1. The molecule has 1 unspecified atom stereocenters. The molecule has 86 valence electrons. The van der Waals surface area contributed by atoms with Crippen LogP contribution in [0.15, 0.2) is 22.7 Å². The Labute approximate surface area is 112 Å². The zero-order valence-electron chi connectivity index (χ0n) is 8.46. The van der Waals surface area contributed by atoms with Crippen LogP contribution in [0.1, 0.15) is 6.92 Å². The van der Waals surface area contributed by atoms with Crippen LogP contribution >= 0.6 is 39.7 Å². The highest BCUT2D eigenvalue weighted by Crippen LogP contribution is 2.26. The number of hydrogen-bond acceptors (Lipinski definition) is 2. The summed E-state index contributed by atoms with van der Waals surface area (Å²) in [6.07, 6.45) is 0. The van der Waals surface area contributed by atoms with Crippen molar-refractivity contribution in [1.82, 2.24) is 0 Å². The molecule has 0 saturated heterocycles. The fourth-order valence-electron chi connectivity index (χ4n) is 0.963. The van der Waals surface area contributed by atoms with Crippen molar-refractivity contribution in [3.8, 4) is 0 Å². The molecule has 0 aromatic heterocycles. The van der Waals surface area contributed by atoms with E-state index in [0.29, 0.717) is 10.7 Å². The summed E-state index contributed by atoms with van der Waals surface area (Å²) >= 11 is 13.9. The first-order valence-corrected chi connectivity index (χ1v) is 6.05. The Morgan fingerprint density at radius 3 is 2.81 bits per heavy atom. The number of rotatable bonds is 3. The molecule has 0 heterocycles. The van der Waals surface area contributed by atoms with Crippen molar-refractivity contribution in [3.05, 3.63) is 27.7 Å². The third kappa shape index (κ3) is 3.43. The summed E-state index contributed by atoms with van der Waals surface area (Å²) in [5.74, 6) is -0.767. The van der Waals surface area contributed by atoms with Crippen LogP contribution in [0.25, 0.3) is 0 Å². The average molecular weight is 322 g/mol. The minimum Gasteiger partial charge on any atom is -0.393 e. The summed E-state index contributed by atoms with van der Waals surface area (Å²) in [7, 11) is 0. The molecule has 1 atom stereocenters. The summed E-state index contributed by atoms with van der Waals surface area (Å²) in [5.41, 5.74) is 5.99. The van der Waals surface area contributed by atoms with Gasteiger partial charge in [0.1, 0.15) is 0 Å². The molecule has 0 aliphatic carbocycles. The Morgan fingerprint density at radius 1 is 1.62 bits per heavy atom. The Kier molecular flexibility index (Phi) is 4.70. The van der Waals surface area contributed by atoms with Crippen molar-refractivity contribution < 1.29 is 4.79 Å². The van der Waals surface area contributed by atoms with Crippen molar-refractivity contribution in [1.29, 1.82) is 0 Å². The van der Waals surface area contributed by atoms with Crippen LogP contribution in [0.3, 0.4) is 0 Å². The van der Waals surface area contributed by atoms with Gasteiger partial charge < -0.3 is 11.1 Å². The van der Waals surface area contributed by atoms with Gasteiger partial charge in [-0.2, -0.15) is 0 Å². The Bertz CT molecular complexity index is 439. The van der Waals surface area contributed by atoms with Crippen LogP contribution < -0.4 is 11.1 Å². The molecule has 1 rings (SSSR count). The molecule has 0 aliphatic heterocycles. The van der Waals surface area contributed by atoms with E-state index in [4.69, 9.17) is 29.6 Å². The quantitative estimate of drug-likeness (QED) is 0.842.